The van der Waals surface area contributed by atoms with Crippen molar-refractivity contribution in [3.63, 3.8) is 0 Å². The van der Waals surface area contributed by atoms with Gasteiger partial charge in [0.25, 0.3) is 0 Å². The summed E-state index contributed by atoms with van der Waals surface area (Å²) in [6.07, 6.45) is 1.47. The van der Waals surface area contributed by atoms with E-state index in [0.29, 0.717) is 3.89 Å². The summed E-state index contributed by atoms with van der Waals surface area (Å²) < 4.78 is 1.69. The topological polar surface area (TPSA) is 30.0 Å². The van der Waals surface area contributed by atoms with E-state index in [2.05, 4.69) is 62.4 Å². The van der Waals surface area contributed by atoms with Crippen LogP contribution in [-0.2, 0) is 0 Å². The Hall–Kier alpha value is 2.23. The zero-order chi connectivity index (χ0) is 9.21. The average molecular weight is 342 g/mol. The third-order valence-corrected chi connectivity index (χ3v) is 0. The van der Waals surface area contributed by atoms with Crippen LogP contribution in [0.2, 0.25) is 0 Å². The maximum Gasteiger partial charge on any atom is 1.00 e. The predicted octanol–water partition coefficient (Wildman–Crippen LogP) is -0.265. The summed E-state index contributed by atoms with van der Waals surface area (Å²) in [4.78, 5) is 0. The average Bonchev–Trinajstić information content (AvgIpc) is 1.68. The van der Waals surface area contributed by atoms with Crippen LogP contribution in [0.1, 0.15) is 1.43 Å². The van der Waals surface area contributed by atoms with E-state index in [9.17, 15) is 0 Å². The number of rotatable bonds is 0. The van der Waals surface area contributed by atoms with Gasteiger partial charge in [0.2, 0.25) is 0 Å². The largest absolute Gasteiger partial charge is 1.00 e. The summed E-state index contributed by atoms with van der Waals surface area (Å²) in [5.41, 5.74) is 0. The van der Waals surface area contributed by atoms with Crippen LogP contribution in [0.5, 0.6) is 0 Å². The standard InChI is InChI=1S/C4H12N.CH2ClI.CH3Cl.Na.H2O.H/c1-5(2,3)4;2-1-3;1-2;;;/h1-4H3;1H2;1H3;;1H2;/q+1;;;+1;;-1/p-1. The molecule has 0 aromatic rings. The molecule has 0 spiro atoms. The smallest absolute Gasteiger partial charge is 1.00 e. The zero-order valence-corrected chi connectivity index (χ0v) is 14.4. The second-order valence-corrected chi connectivity index (χ2v) is 4.72. The molecule has 76 valence electrons. The van der Waals surface area contributed by atoms with Gasteiger partial charge in [-0.1, -0.05) is 22.6 Å². The Labute approximate surface area is 124 Å². The first-order chi connectivity index (χ1) is 4.41. The molecule has 0 fully saturated rings. The summed E-state index contributed by atoms with van der Waals surface area (Å²) in [7, 11) is 8.50. The summed E-state index contributed by atoms with van der Waals surface area (Å²) in [6, 6.07) is 0. The molecule has 0 amide bonds. The third-order valence-electron chi connectivity index (χ3n) is 0. The van der Waals surface area contributed by atoms with Gasteiger partial charge in [0.15, 0.2) is 0 Å². The minimum Gasteiger partial charge on any atom is -1.00 e. The number of hydrogen-bond acceptors (Lipinski definition) is 1. The Morgan fingerprint density at radius 3 is 1.17 bits per heavy atom. The van der Waals surface area contributed by atoms with E-state index in [4.69, 9.17) is 11.6 Å². The number of alkyl halides is 3. The first-order valence-corrected chi connectivity index (χ1v) is 5.52. The number of nitrogens with zero attached hydrogens (tertiary/aromatic N) is 1. The number of halogens is 3. The van der Waals surface area contributed by atoms with Gasteiger partial charge in [0.1, 0.15) is 0 Å². The van der Waals surface area contributed by atoms with Gasteiger partial charge in [-0.05, 0) is 0 Å². The van der Waals surface area contributed by atoms with Gasteiger partial charge < -0.3 is 11.4 Å². The fourth-order valence-electron chi connectivity index (χ4n) is 0. The predicted molar refractivity (Wildman–Crippen MR) is 63.5 cm³/mol. The molecule has 0 bridgehead atoms. The van der Waals surface area contributed by atoms with Crippen molar-refractivity contribution in [2.24, 2.45) is 0 Å². The zero-order valence-electron chi connectivity index (χ0n) is 9.74. The minimum absolute atomic E-state index is 0. The molecule has 0 heterocycles. The Balaban J connectivity index is -0.0000000138. The van der Waals surface area contributed by atoms with Crippen LogP contribution in [0.3, 0.4) is 0 Å². The summed E-state index contributed by atoms with van der Waals surface area (Å²) in [6.45, 7) is 0. The monoisotopic (exact) mass is 341 g/mol. The molecule has 0 aromatic carbocycles. The molecule has 0 rings (SSSR count). The Morgan fingerprint density at radius 2 is 1.17 bits per heavy atom. The Kier molecular flexibility index (Phi) is 56.6. The number of hydrogen-bond donors (Lipinski definition) is 0. The van der Waals surface area contributed by atoms with Crippen LogP contribution in [0.4, 0.5) is 0 Å². The van der Waals surface area contributed by atoms with E-state index in [-0.39, 0.29) is 36.5 Å². The van der Waals surface area contributed by atoms with E-state index in [1.165, 1.54) is 6.38 Å². The minimum atomic E-state index is 0. The van der Waals surface area contributed by atoms with Gasteiger partial charge in [-0.3, -0.25) is 0 Å². The first-order valence-electron chi connectivity index (χ1n) is 2.70. The molecule has 1 N–H and O–H groups in total. The Bertz CT molecular complexity index is 54.4. The van der Waals surface area contributed by atoms with Gasteiger partial charge in [0, 0.05) is 6.38 Å². The molecule has 12 heavy (non-hydrogen) atoms. The molecule has 0 aliphatic carbocycles. The quantitative estimate of drug-likeness (QED) is 0.258. The maximum absolute atomic E-state index is 4.99. The third kappa shape index (κ3) is 310. The Morgan fingerprint density at radius 1 is 1.17 bits per heavy atom. The molecule has 0 aliphatic rings. The van der Waals surface area contributed by atoms with E-state index in [1.807, 2.05) is 0 Å². The van der Waals surface area contributed by atoms with Crippen molar-refractivity contribution >= 4 is 45.8 Å². The van der Waals surface area contributed by atoms with Crippen molar-refractivity contribution in [3.8, 4) is 0 Å². The maximum atomic E-state index is 4.99. The number of quaternary nitrogens is 1. The van der Waals surface area contributed by atoms with Crippen LogP contribution in [-0.4, -0.2) is 48.4 Å². The van der Waals surface area contributed by atoms with Crippen molar-refractivity contribution in [1.29, 1.82) is 0 Å². The molecule has 6 heteroatoms. The van der Waals surface area contributed by atoms with Gasteiger partial charge in [-0.2, -0.15) is 0 Å². The van der Waals surface area contributed by atoms with Crippen molar-refractivity contribution < 1.29 is 40.9 Å². The molecule has 0 radical (unpaired) electrons. The fraction of sp³-hybridized carbons (Fsp3) is 1.00. The molecule has 0 aromatic heterocycles. The van der Waals surface area contributed by atoms with Crippen LogP contribution < -0.4 is 29.6 Å². The molecule has 0 unspecified atom stereocenters. The molecular formula is C6H19Cl2INNaO. The second-order valence-electron chi connectivity index (χ2n) is 2.78. The van der Waals surface area contributed by atoms with E-state index in [1.54, 1.807) is 0 Å². The summed E-state index contributed by atoms with van der Waals surface area (Å²) in [5, 5.41) is 0. The molecule has 2 nitrogen and oxygen atoms in total. The van der Waals surface area contributed by atoms with E-state index in [0.717, 1.165) is 4.48 Å². The molecule has 0 atom stereocenters. The molecular weight excluding hydrogens is 323 g/mol. The normalized spacial score (nSPS) is 7.00. The van der Waals surface area contributed by atoms with Crippen molar-refractivity contribution in [3.05, 3.63) is 0 Å². The van der Waals surface area contributed by atoms with Crippen LogP contribution >= 0.6 is 45.8 Å². The summed E-state index contributed by atoms with van der Waals surface area (Å²) in [5.74, 6) is 0. The van der Waals surface area contributed by atoms with Crippen molar-refractivity contribution in [2.75, 3.05) is 38.5 Å². The van der Waals surface area contributed by atoms with Crippen LogP contribution in [0.15, 0.2) is 0 Å². The second kappa shape index (κ2) is 23.2. The van der Waals surface area contributed by atoms with Crippen molar-refractivity contribution in [2.45, 2.75) is 0 Å². The van der Waals surface area contributed by atoms with Gasteiger partial charge in [-0.15, -0.1) is 23.2 Å². The van der Waals surface area contributed by atoms with E-state index >= 15 is 0 Å². The SMILES string of the molecule is CCl.C[N+](C)(C)C.ClCI.[H-].[Na+].[OH-]. The van der Waals surface area contributed by atoms with Gasteiger partial charge in [0.05, 0.1) is 32.1 Å². The van der Waals surface area contributed by atoms with Gasteiger partial charge in [-0.25, -0.2) is 0 Å². The van der Waals surface area contributed by atoms with Crippen molar-refractivity contribution in [1.82, 2.24) is 0 Å². The first kappa shape index (κ1) is 29.2. The summed E-state index contributed by atoms with van der Waals surface area (Å²) >= 11 is 11.7. The fourth-order valence-corrected chi connectivity index (χ4v) is 0. The van der Waals surface area contributed by atoms with Crippen LogP contribution in [0, 0.1) is 0 Å². The molecule has 0 saturated carbocycles. The molecule has 0 aliphatic heterocycles. The molecule has 0 saturated heterocycles. The van der Waals surface area contributed by atoms with Gasteiger partial charge >= 0.3 is 29.6 Å². The van der Waals surface area contributed by atoms with E-state index < -0.39 is 0 Å². The van der Waals surface area contributed by atoms with Crippen LogP contribution in [0.25, 0.3) is 0 Å².